The number of thiophene rings is 1. The fourth-order valence-electron chi connectivity index (χ4n) is 1.74. The first-order valence-corrected chi connectivity index (χ1v) is 10.1. The summed E-state index contributed by atoms with van der Waals surface area (Å²) >= 11 is 3.03. The molecule has 1 aromatic carbocycles. The zero-order valence-corrected chi connectivity index (χ0v) is 14.4. The molecule has 0 saturated carbocycles. The molecule has 1 aromatic heterocycles. The van der Waals surface area contributed by atoms with Crippen molar-refractivity contribution in [1.29, 1.82) is 0 Å². The maximum absolute atomic E-state index is 12.4. The lowest BCUT2D eigenvalue weighted by atomic mass is 10.3. The minimum atomic E-state index is -3.52. The molecular weight excluding hydrogens is 324 g/mol. The summed E-state index contributed by atoms with van der Waals surface area (Å²) in [5.41, 5.74) is 0.585. The van der Waals surface area contributed by atoms with Crippen molar-refractivity contribution in [2.75, 3.05) is 17.5 Å². The topological polar surface area (TPSA) is 58.2 Å². The molecule has 0 unspecified atom stereocenters. The first-order chi connectivity index (χ1) is 10.0. The second-order valence-corrected chi connectivity index (χ2v) is 7.92. The van der Waals surface area contributed by atoms with Crippen molar-refractivity contribution in [2.24, 2.45) is 0 Å². The summed E-state index contributed by atoms with van der Waals surface area (Å²) in [7, 11) is -3.52. The van der Waals surface area contributed by atoms with Crippen LogP contribution in [0.1, 0.15) is 11.8 Å². The molecule has 21 heavy (non-hydrogen) atoms. The SMILES string of the molecule is CCNCc1cc(S(=O)(=O)Nc2cccc(SC)c2)cs1. The van der Waals surface area contributed by atoms with Gasteiger partial charge in [-0.3, -0.25) is 4.72 Å². The van der Waals surface area contributed by atoms with E-state index in [1.807, 2.05) is 31.4 Å². The Balaban J connectivity index is 2.15. The minimum Gasteiger partial charge on any atom is -0.312 e. The normalized spacial score (nSPS) is 11.5. The fraction of sp³-hybridized carbons (Fsp3) is 0.286. The number of hydrogen-bond acceptors (Lipinski definition) is 5. The second kappa shape index (κ2) is 7.31. The van der Waals surface area contributed by atoms with Gasteiger partial charge in [0.15, 0.2) is 0 Å². The molecule has 0 aliphatic rings. The standard InChI is InChI=1S/C14H18N2O2S3/c1-3-15-9-13-8-14(10-20-13)21(17,18)16-11-5-4-6-12(7-11)19-2/h4-8,10,15-16H,3,9H2,1-2H3. The van der Waals surface area contributed by atoms with Gasteiger partial charge in [0.1, 0.15) is 0 Å². The minimum absolute atomic E-state index is 0.315. The lowest BCUT2D eigenvalue weighted by Crippen LogP contribution is -2.13. The zero-order chi connectivity index (χ0) is 15.3. The van der Waals surface area contributed by atoms with Gasteiger partial charge in [0, 0.05) is 27.4 Å². The Morgan fingerprint density at radius 3 is 2.81 bits per heavy atom. The zero-order valence-electron chi connectivity index (χ0n) is 11.9. The van der Waals surface area contributed by atoms with Crippen molar-refractivity contribution in [3.63, 3.8) is 0 Å². The highest BCUT2D eigenvalue weighted by Crippen LogP contribution is 2.24. The Hall–Kier alpha value is -1.02. The molecule has 0 spiro atoms. The van der Waals surface area contributed by atoms with Crippen LogP contribution >= 0.6 is 23.1 Å². The van der Waals surface area contributed by atoms with Crippen LogP contribution in [0.25, 0.3) is 0 Å². The largest absolute Gasteiger partial charge is 0.312 e. The highest BCUT2D eigenvalue weighted by molar-refractivity contribution is 7.98. The number of thioether (sulfide) groups is 1. The van der Waals surface area contributed by atoms with Gasteiger partial charge in [0.25, 0.3) is 10.0 Å². The first-order valence-electron chi connectivity index (χ1n) is 6.50. The van der Waals surface area contributed by atoms with Crippen LogP contribution in [0, 0.1) is 0 Å². The molecule has 0 aliphatic carbocycles. The van der Waals surface area contributed by atoms with Crippen molar-refractivity contribution in [3.8, 4) is 0 Å². The summed E-state index contributed by atoms with van der Waals surface area (Å²) in [4.78, 5) is 2.35. The molecule has 7 heteroatoms. The molecule has 4 nitrogen and oxygen atoms in total. The molecule has 2 aromatic rings. The number of nitrogens with one attached hydrogen (secondary N) is 2. The maximum atomic E-state index is 12.4. The van der Waals surface area contributed by atoms with E-state index in [1.54, 1.807) is 29.3 Å². The third kappa shape index (κ3) is 4.47. The molecule has 0 saturated heterocycles. The lowest BCUT2D eigenvalue weighted by Gasteiger charge is -2.07. The van der Waals surface area contributed by atoms with Crippen LogP contribution < -0.4 is 10.0 Å². The van der Waals surface area contributed by atoms with Crippen LogP contribution in [-0.4, -0.2) is 21.2 Å². The van der Waals surface area contributed by atoms with Crippen LogP contribution in [0.5, 0.6) is 0 Å². The molecule has 0 aliphatic heterocycles. The van der Waals surface area contributed by atoms with Gasteiger partial charge in [0.05, 0.1) is 4.90 Å². The molecular formula is C14H18N2O2S3. The van der Waals surface area contributed by atoms with Crippen molar-refractivity contribution in [1.82, 2.24) is 5.32 Å². The average molecular weight is 343 g/mol. The summed E-state index contributed by atoms with van der Waals surface area (Å²) in [5.74, 6) is 0. The Kier molecular flexibility index (Phi) is 5.69. The monoisotopic (exact) mass is 342 g/mol. The van der Waals surface area contributed by atoms with Gasteiger partial charge in [-0.1, -0.05) is 13.0 Å². The Morgan fingerprint density at radius 2 is 2.10 bits per heavy atom. The first kappa shape index (κ1) is 16.4. The summed E-state index contributed by atoms with van der Waals surface area (Å²) in [6.45, 7) is 3.57. The molecule has 0 bridgehead atoms. The Labute approximate surface area is 134 Å². The predicted octanol–water partition coefficient (Wildman–Crippen LogP) is 3.38. The van der Waals surface area contributed by atoms with Gasteiger partial charge in [-0.2, -0.15) is 0 Å². The number of hydrogen-bond donors (Lipinski definition) is 2. The van der Waals surface area contributed by atoms with E-state index in [0.29, 0.717) is 17.1 Å². The Morgan fingerprint density at radius 1 is 1.29 bits per heavy atom. The third-order valence-electron chi connectivity index (χ3n) is 2.81. The Bertz CT molecular complexity index is 696. The summed E-state index contributed by atoms with van der Waals surface area (Å²) in [6.07, 6.45) is 1.96. The van der Waals surface area contributed by atoms with Crippen LogP contribution in [0.3, 0.4) is 0 Å². The van der Waals surface area contributed by atoms with Gasteiger partial charge >= 0.3 is 0 Å². The molecule has 114 valence electrons. The smallest absolute Gasteiger partial charge is 0.262 e. The van der Waals surface area contributed by atoms with Gasteiger partial charge in [0.2, 0.25) is 0 Å². The lowest BCUT2D eigenvalue weighted by molar-refractivity contribution is 0.601. The van der Waals surface area contributed by atoms with Gasteiger partial charge in [-0.25, -0.2) is 8.42 Å². The van der Waals surface area contributed by atoms with E-state index in [-0.39, 0.29) is 0 Å². The summed E-state index contributed by atoms with van der Waals surface area (Å²) in [6, 6.07) is 9.08. The number of rotatable bonds is 7. The van der Waals surface area contributed by atoms with Crippen LogP contribution in [0.2, 0.25) is 0 Å². The molecule has 0 atom stereocenters. The molecule has 0 amide bonds. The van der Waals surface area contributed by atoms with E-state index < -0.39 is 10.0 Å². The van der Waals surface area contributed by atoms with E-state index in [9.17, 15) is 8.42 Å². The van der Waals surface area contributed by atoms with Gasteiger partial charge in [-0.05, 0) is 37.1 Å². The number of anilines is 1. The van der Waals surface area contributed by atoms with E-state index in [0.717, 1.165) is 16.3 Å². The van der Waals surface area contributed by atoms with Gasteiger partial charge in [-0.15, -0.1) is 23.1 Å². The molecule has 2 rings (SSSR count). The quantitative estimate of drug-likeness (QED) is 0.757. The summed E-state index contributed by atoms with van der Waals surface area (Å²) in [5, 5.41) is 4.86. The fourth-order valence-corrected chi connectivity index (χ4v) is 4.50. The van der Waals surface area contributed by atoms with Crippen molar-refractivity contribution >= 4 is 38.8 Å². The molecule has 0 fully saturated rings. The summed E-state index contributed by atoms with van der Waals surface area (Å²) < 4.78 is 27.3. The third-order valence-corrected chi connectivity index (χ3v) is 5.98. The highest BCUT2D eigenvalue weighted by Gasteiger charge is 2.16. The van der Waals surface area contributed by atoms with E-state index in [1.165, 1.54) is 11.3 Å². The van der Waals surface area contributed by atoms with Crippen molar-refractivity contribution in [2.45, 2.75) is 23.3 Å². The van der Waals surface area contributed by atoms with Crippen LogP contribution in [-0.2, 0) is 16.6 Å². The van der Waals surface area contributed by atoms with Gasteiger partial charge < -0.3 is 5.32 Å². The number of sulfonamides is 1. The second-order valence-electron chi connectivity index (χ2n) is 4.37. The van der Waals surface area contributed by atoms with Crippen molar-refractivity contribution < 1.29 is 8.42 Å². The maximum Gasteiger partial charge on any atom is 0.262 e. The molecule has 2 N–H and O–H groups in total. The predicted molar refractivity (Wildman–Crippen MR) is 90.7 cm³/mol. The van der Waals surface area contributed by atoms with Crippen LogP contribution in [0.4, 0.5) is 5.69 Å². The van der Waals surface area contributed by atoms with E-state index in [4.69, 9.17) is 0 Å². The number of benzene rings is 1. The van der Waals surface area contributed by atoms with E-state index >= 15 is 0 Å². The molecule has 0 radical (unpaired) electrons. The van der Waals surface area contributed by atoms with Crippen molar-refractivity contribution in [3.05, 3.63) is 40.6 Å². The molecule has 1 heterocycles. The van der Waals surface area contributed by atoms with E-state index in [2.05, 4.69) is 10.0 Å². The van der Waals surface area contributed by atoms with Crippen LogP contribution in [0.15, 0.2) is 45.5 Å². The highest BCUT2D eigenvalue weighted by atomic mass is 32.2. The average Bonchev–Trinajstić information content (AvgIpc) is 2.94.